The molecule has 20 heavy (non-hydrogen) atoms. The second-order valence-electron chi connectivity index (χ2n) is 6.37. The first-order valence-corrected chi connectivity index (χ1v) is 9.28. The second kappa shape index (κ2) is 7.58. The van der Waals surface area contributed by atoms with Crippen LogP contribution in [0.3, 0.4) is 0 Å². The van der Waals surface area contributed by atoms with E-state index < -0.39 is 0 Å². The maximum Gasteiger partial charge on any atom is 0.0124 e. The average Bonchev–Trinajstić information content (AvgIpc) is 3.00. The van der Waals surface area contributed by atoms with Crippen molar-refractivity contribution in [3.8, 4) is 0 Å². The number of likely N-dealkylation sites (tertiary alicyclic amines) is 1. The first kappa shape index (κ1) is 14.6. The highest BCUT2D eigenvalue weighted by atomic mass is 32.1. The van der Waals surface area contributed by atoms with E-state index in [2.05, 4.69) is 27.7 Å². The molecule has 0 radical (unpaired) electrons. The van der Waals surface area contributed by atoms with Crippen LogP contribution < -0.4 is 5.32 Å². The number of hydrogen-bond donors (Lipinski definition) is 1. The lowest BCUT2D eigenvalue weighted by atomic mass is 9.78. The summed E-state index contributed by atoms with van der Waals surface area (Å²) in [4.78, 5) is 4.29. The highest BCUT2D eigenvalue weighted by Crippen LogP contribution is 2.34. The fourth-order valence-corrected chi connectivity index (χ4v) is 4.73. The molecule has 1 aromatic heterocycles. The van der Waals surface area contributed by atoms with Gasteiger partial charge >= 0.3 is 0 Å². The van der Waals surface area contributed by atoms with Gasteiger partial charge < -0.3 is 5.32 Å². The monoisotopic (exact) mass is 292 g/mol. The summed E-state index contributed by atoms with van der Waals surface area (Å²) < 4.78 is 0. The van der Waals surface area contributed by atoms with Crippen LogP contribution in [-0.4, -0.2) is 37.1 Å². The Morgan fingerprint density at radius 1 is 1.15 bits per heavy atom. The minimum atomic E-state index is 0.914. The van der Waals surface area contributed by atoms with Crippen molar-refractivity contribution in [3.63, 3.8) is 0 Å². The van der Waals surface area contributed by atoms with Gasteiger partial charge in [-0.15, -0.1) is 11.3 Å². The van der Waals surface area contributed by atoms with Crippen LogP contribution in [0, 0.1) is 5.92 Å². The number of fused-ring (bicyclic) bond motifs is 1. The fourth-order valence-electron chi connectivity index (χ4n) is 4.02. The van der Waals surface area contributed by atoms with Gasteiger partial charge in [0.1, 0.15) is 0 Å². The van der Waals surface area contributed by atoms with Gasteiger partial charge in [0.15, 0.2) is 0 Å². The lowest BCUT2D eigenvalue weighted by Gasteiger charge is -2.44. The molecule has 0 bridgehead atoms. The van der Waals surface area contributed by atoms with E-state index in [1.165, 1.54) is 62.9 Å². The average molecular weight is 292 g/mol. The molecule has 2 heterocycles. The van der Waals surface area contributed by atoms with Crippen molar-refractivity contribution in [3.05, 3.63) is 22.4 Å². The molecule has 2 nitrogen and oxygen atoms in total. The predicted molar refractivity (Wildman–Crippen MR) is 87.4 cm³/mol. The highest BCUT2D eigenvalue weighted by molar-refractivity contribution is 7.09. The van der Waals surface area contributed by atoms with Crippen LogP contribution in [0.1, 0.15) is 43.4 Å². The number of nitrogens with zero attached hydrogens (tertiary/aromatic N) is 1. The number of hydrogen-bond acceptors (Lipinski definition) is 3. The summed E-state index contributed by atoms with van der Waals surface area (Å²) in [5, 5.41) is 5.80. The SMILES string of the molecule is c1csc(CCNCCN2CCC[C@H]3CCCC[C@H]32)c1. The van der Waals surface area contributed by atoms with E-state index in [1.54, 1.807) is 0 Å². The van der Waals surface area contributed by atoms with Gasteiger partial charge in [0.05, 0.1) is 0 Å². The van der Waals surface area contributed by atoms with Gasteiger partial charge in [0.2, 0.25) is 0 Å². The highest BCUT2D eigenvalue weighted by Gasteiger charge is 2.32. The maximum absolute atomic E-state index is 3.63. The Labute approximate surface area is 127 Å². The van der Waals surface area contributed by atoms with Gasteiger partial charge in [-0.25, -0.2) is 0 Å². The van der Waals surface area contributed by atoms with E-state index in [-0.39, 0.29) is 0 Å². The van der Waals surface area contributed by atoms with Crippen LogP contribution in [-0.2, 0) is 6.42 Å². The molecular formula is C17H28N2S. The summed E-state index contributed by atoms with van der Waals surface area (Å²) in [5.41, 5.74) is 0. The number of piperidine rings is 1. The fraction of sp³-hybridized carbons (Fsp3) is 0.765. The Bertz CT molecular complexity index is 374. The Morgan fingerprint density at radius 3 is 2.95 bits per heavy atom. The van der Waals surface area contributed by atoms with Crippen molar-refractivity contribution in [2.75, 3.05) is 26.2 Å². The summed E-state index contributed by atoms with van der Waals surface area (Å²) in [5.74, 6) is 1.02. The van der Waals surface area contributed by atoms with Crippen molar-refractivity contribution < 1.29 is 0 Å². The summed E-state index contributed by atoms with van der Waals surface area (Å²) >= 11 is 1.87. The Morgan fingerprint density at radius 2 is 2.05 bits per heavy atom. The number of rotatable bonds is 6. The van der Waals surface area contributed by atoms with E-state index in [0.29, 0.717) is 0 Å². The Kier molecular flexibility index (Phi) is 5.51. The third-order valence-corrected chi connectivity index (χ3v) is 6.00. The quantitative estimate of drug-likeness (QED) is 0.807. The molecular weight excluding hydrogens is 264 g/mol. The first-order chi connectivity index (χ1) is 9.93. The zero-order chi connectivity index (χ0) is 13.6. The van der Waals surface area contributed by atoms with Crippen LogP contribution >= 0.6 is 11.3 Å². The van der Waals surface area contributed by atoms with Gasteiger partial charge in [0, 0.05) is 30.6 Å². The third kappa shape index (κ3) is 3.84. The van der Waals surface area contributed by atoms with Crippen LogP contribution in [0.5, 0.6) is 0 Å². The smallest absolute Gasteiger partial charge is 0.0124 e. The van der Waals surface area contributed by atoms with Crippen molar-refractivity contribution in [2.24, 2.45) is 5.92 Å². The molecule has 112 valence electrons. The molecule has 3 rings (SSSR count). The van der Waals surface area contributed by atoms with E-state index >= 15 is 0 Å². The first-order valence-electron chi connectivity index (χ1n) is 8.40. The van der Waals surface area contributed by atoms with Crippen LogP contribution in [0.25, 0.3) is 0 Å². The van der Waals surface area contributed by atoms with E-state index in [0.717, 1.165) is 25.0 Å². The molecule has 0 unspecified atom stereocenters. The van der Waals surface area contributed by atoms with Gasteiger partial charge in [-0.1, -0.05) is 18.9 Å². The maximum atomic E-state index is 3.63. The lowest BCUT2D eigenvalue weighted by molar-refractivity contribution is 0.0619. The topological polar surface area (TPSA) is 15.3 Å². The molecule has 1 aromatic rings. The number of nitrogens with one attached hydrogen (secondary N) is 1. The Hall–Kier alpha value is -0.380. The molecule has 2 atom stereocenters. The lowest BCUT2D eigenvalue weighted by Crippen LogP contribution is -2.48. The number of thiophene rings is 1. The molecule has 2 fully saturated rings. The minimum Gasteiger partial charge on any atom is -0.315 e. The standard InChI is InChI=1S/C17H28N2S/c1-2-8-17-15(5-1)6-3-12-19(17)13-11-18-10-9-16-7-4-14-20-16/h4,7,14-15,17-18H,1-3,5-6,8-13H2/t15-,17-/m1/s1. The minimum absolute atomic E-state index is 0.914. The molecule has 2 aliphatic rings. The molecule has 3 heteroatoms. The van der Waals surface area contributed by atoms with Crippen molar-refractivity contribution >= 4 is 11.3 Å². The van der Waals surface area contributed by atoms with Crippen molar-refractivity contribution in [1.82, 2.24) is 10.2 Å². The molecule has 1 saturated carbocycles. The molecule has 1 aliphatic heterocycles. The molecule has 1 aliphatic carbocycles. The van der Waals surface area contributed by atoms with Gasteiger partial charge in [0.25, 0.3) is 0 Å². The van der Waals surface area contributed by atoms with Gasteiger partial charge in [-0.3, -0.25) is 4.90 Å². The van der Waals surface area contributed by atoms with E-state index in [1.807, 2.05) is 11.3 Å². The zero-order valence-electron chi connectivity index (χ0n) is 12.5. The molecule has 0 spiro atoms. The van der Waals surface area contributed by atoms with Crippen LogP contribution in [0.15, 0.2) is 17.5 Å². The third-order valence-electron chi connectivity index (χ3n) is 5.06. The van der Waals surface area contributed by atoms with Crippen molar-refractivity contribution in [1.29, 1.82) is 0 Å². The second-order valence-corrected chi connectivity index (χ2v) is 7.40. The van der Waals surface area contributed by atoms with E-state index in [4.69, 9.17) is 0 Å². The molecule has 0 aromatic carbocycles. The van der Waals surface area contributed by atoms with Crippen LogP contribution in [0.2, 0.25) is 0 Å². The van der Waals surface area contributed by atoms with E-state index in [9.17, 15) is 0 Å². The molecule has 1 N–H and O–H groups in total. The summed E-state index contributed by atoms with van der Waals surface area (Å²) in [7, 11) is 0. The zero-order valence-corrected chi connectivity index (χ0v) is 13.3. The molecule has 1 saturated heterocycles. The van der Waals surface area contributed by atoms with Gasteiger partial charge in [-0.2, -0.15) is 0 Å². The Balaban J connectivity index is 1.35. The normalized spacial score (nSPS) is 27.4. The van der Waals surface area contributed by atoms with Crippen LogP contribution in [0.4, 0.5) is 0 Å². The summed E-state index contributed by atoms with van der Waals surface area (Å²) in [6.07, 6.45) is 10.00. The predicted octanol–water partition coefficient (Wildman–Crippen LogP) is 3.53. The summed E-state index contributed by atoms with van der Waals surface area (Å²) in [6.45, 7) is 4.89. The summed E-state index contributed by atoms with van der Waals surface area (Å²) in [6, 6.07) is 5.30. The largest absolute Gasteiger partial charge is 0.315 e. The van der Waals surface area contributed by atoms with Gasteiger partial charge in [-0.05, 0) is 56.0 Å². The molecule has 0 amide bonds. The van der Waals surface area contributed by atoms with Crippen molar-refractivity contribution in [2.45, 2.75) is 51.0 Å².